The highest BCUT2D eigenvalue weighted by Gasteiger charge is 2.54. The maximum Gasteiger partial charge on any atom is 0.416 e. The molecule has 6 rings (SSSR count). The maximum atomic E-state index is 12.9. The van der Waals surface area contributed by atoms with Crippen LogP contribution in [0.3, 0.4) is 0 Å². The summed E-state index contributed by atoms with van der Waals surface area (Å²) in [4.78, 5) is 29.1. The number of esters is 1. The van der Waals surface area contributed by atoms with E-state index in [2.05, 4.69) is 15.5 Å². The van der Waals surface area contributed by atoms with Crippen molar-refractivity contribution in [2.45, 2.75) is 51.3 Å². The number of amides is 1. The zero-order valence-electron chi connectivity index (χ0n) is 17.9. The summed E-state index contributed by atoms with van der Waals surface area (Å²) < 4.78 is 48.2. The molecule has 7 nitrogen and oxygen atoms in total. The molecule has 4 aliphatic carbocycles. The largest absolute Gasteiger partial charge is 0.454 e. The Bertz CT molecular complexity index is 1010. The number of alkyl halides is 3. The van der Waals surface area contributed by atoms with E-state index in [-0.39, 0.29) is 36.2 Å². The van der Waals surface area contributed by atoms with Gasteiger partial charge in [-0.15, -0.1) is 0 Å². The monoisotopic (exact) mass is 463 g/mol. The third-order valence-corrected chi connectivity index (χ3v) is 7.21. The molecule has 33 heavy (non-hydrogen) atoms. The molecule has 1 heterocycles. The normalized spacial score (nSPS) is 28.0. The van der Waals surface area contributed by atoms with Crippen molar-refractivity contribution in [1.29, 1.82) is 0 Å². The lowest BCUT2D eigenvalue weighted by atomic mass is 9.49. The highest BCUT2D eigenvalue weighted by Crippen LogP contribution is 2.60. The standard InChI is InChI=1S/C23H24F3N3O4/c24-23(25,26)17-3-1-16(2-4-17)20-28-18(33-29-20)12-32-19(30)11-27-21(31)22-8-13-5-14(9-22)7-15(6-13)10-22/h1-4,13-15H,5-12H2,(H,27,31). The summed E-state index contributed by atoms with van der Waals surface area (Å²) in [6.45, 7) is -0.528. The van der Waals surface area contributed by atoms with Crippen molar-refractivity contribution in [2.75, 3.05) is 6.54 Å². The van der Waals surface area contributed by atoms with E-state index >= 15 is 0 Å². The molecule has 4 aliphatic rings. The molecule has 1 aromatic carbocycles. The minimum atomic E-state index is -4.43. The van der Waals surface area contributed by atoms with Crippen molar-refractivity contribution in [2.24, 2.45) is 23.2 Å². The third kappa shape index (κ3) is 4.47. The molecule has 0 radical (unpaired) electrons. The fourth-order valence-corrected chi connectivity index (χ4v) is 6.16. The predicted octanol–water partition coefficient (Wildman–Crippen LogP) is 4.13. The van der Waals surface area contributed by atoms with E-state index < -0.39 is 17.7 Å². The molecular formula is C23H24F3N3O4. The average molecular weight is 463 g/mol. The summed E-state index contributed by atoms with van der Waals surface area (Å²) in [6, 6.07) is 4.34. The van der Waals surface area contributed by atoms with Crippen molar-refractivity contribution in [3.05, 3.63) is 35.7 Å². The molecule has 1 aromatic heterocycles. The van der Waals surface area contributed by atoms with Crippen molar-refractivity contribution in [1.82, 2.24) is 15.5 Å². The van der Waals surface area contributed by atoms with Crippen molar-refractivity contribution in [3.8, 4) is 11.4 Å². The minimum Gasteiger partial charge on any atom is -0.454 e. The van der Waals surface area contributed by atoms with Crippen molar-refractivity contribution in [3.63, 3.8) is 0 Å². The lowest BCUT2D eigenvalue weighted by molar-refractivity contribution is -0.151. The first-order valence-corrected chi connectivity index (χ1v) is 11.1. The van der Waals surface area contributed by atoms with Gasteiger partial charge in [0.05, 0.1) is 5.56 Å². The number of hydrogen-bond acceptors (Lipinski definition) is 6. The zero-order valence-corrected chi connectivity index (χ0v) is 17.9. The molecule has 2 aromatic rings. The van der Waals surface area contributed by atoms with Crippen LogP contribution in [-0.4, -0.2) is 28.6 Å². The summed E-state index contributed by atoms with van der Waals surface area (Å²) in [5.74, 6) is 1.31. The Morgan fingerprint density at radius 1 is 1.06 bits per heavy atom. The lowest BCUT2D eigenvalue weighted by Crippen LogP contribution is -2.54. The molecule has 0 unspecified atom stereocenters. The van der Waals surface area contributed by atoms with Gasteiger partial charge in [-0.1, -0.05) is 17.3 Å². The summed E-state index contributed by atoms with van der Waals surface area (Å²) in [7, 11) is 0. The highest BCUT2D eigenvalue weighted by molar-refractivity contribution is 5.86. The number of nitrogens with zero attached hydrogens (tertiary/aromatic N) is 2. The first-order valence-electron chi connectivity index (χ1n) is 11.1. The van der Waals surface area contributed by atoms with Gasteiger partial charge in [0.15, 0.2) is 6.61 Å². The first-order chi connectivity index (χ1) is 15.7. The quantitative estimate of drug-likeness (QED) is 0.648. The van der Waals surface area contributed by atoms with Gasteiger partial charge in [0.1, 0.15) is 6.54 Å². The summed E-state index contributed by atoms with van der Waals surface area (Å²) in [5.41, 5.74) is -0.774. The SMILES string of the molecule is O=C(CNC(=O)C12CC3CC(CC(C3)C1)C2)OCc1nc(-c2ccc(C(F)(F)F)cc2)no1. The van der Waals surface area contributed by atoms with Crippen molar-refractivity contribution >= 4 is 11.9 Å². The summed E-state index contributed by atoms with van der Waals surface area (Å²) in [6.07, 6.45) is 1.99. The van der Waals surface area contributed by atoms with E-state index in [1.165, 1.54) is 31.4 Å². The van der Waals surface area contributed by atoms with Gasteiger partial charge in [-0.2, -0.15) is 18.2 Å². The van der Waals surface area contributed by atoms with E-state index in [0.717, 1.165) is 31.4 Å². The van der Waals surface area contributed by atoms with E-state index in [1.54, 1.807) is 0 Å². The van der Waals surface area contributed by atoms with Crippen LogP contribution in [-0.2, 0) is 27.1 Å². The molecule has 0 spiro atoms. The second-order valence-corrected chi connectivity index (χ2v) is 9.63. The molecule has 176 valence electrons. The van der Waals surface area contributed by atoms with Gasteiger partial charge in [-0.25, -0.2) is 0 Å². The Labute approximate surface area is 188 Å². The molecule has 1 N–H and O–H groups in total. The molecule has 4 bridgehead atoms. The van der Waals surface area contributed by atoms with E-state index in [4.69, 9.17) is 9.26 Å². The van der Waals surface area contributed by atoms with Gasteiger partial charge in [-0.05, 0) is 68.4 Å². The van der Waals surface area contributed by atoms with E-state index in [1.807, 2.05) is 0 Å². The fourth-order valence-electron chi connectivity index (χ4n) is 6.16. The smallest absolute Gasteiger partial charge is 0.416 e. The van der Waals surface area contributed by atoms with Crippen LogP contribution in [0.4, 0.5) is 13.2 Å². The van der Waals surface area contributed by atoms with Crippen LogP contribution in [0.1, 0.15) is 50.0 Å². The molecule has 1 amide bonds. The van der Waals surface area contributed by atoms with Crippen molar-refractivity contribution < 1.29 is 32.0 Å². The van der Waals surface area contributed by atoms with Crippen LogP contribution in [0.25, 0.3) is 11.4 Å². The third-order valence-electron chi connectivity index (χ3n) is 7.21. The molecular weight excluding hydrogens is 439 g/mol. The number of halogens is 3. The second kappa shape index (κ2) is 8.14. The molecule has 0 atom stereocenters. The minimum absolute atomic E-state index is 0.00524. The Kier molecular flexibility index (Phi) is 5.41. The number of hydrogen-bond donors (Lipinski definition) is 1. The second-order valence-electron chi connectivity index (χ2n) is 9.63. The van der Waals surface area contributed by atoms with Crippen LogP contribution < -0.4 is 5.32 Å². The lowest BCUT2D eigenvalue weighted by Gasteiger charge is -2.55. The van der Waals surface area contributed by atoms with Crippen LogP contribution in [0.2, 0.25) is 0 Å². The van der Waals surface area contributed by atoms with Gasteiger partial charge in [0.2, 0.25) is 11.7 Å². The number of nitrogens with one attached hydrogen (secondary N) is 1. The first kappa shape index (κ1) is 21.9. The number of carbonyl (C=O) groups is 2. The molecule has 0 aliphatic heterocycles. The Hall–Kier alpha value is -2.91. The van der Waals surface area contributed by atoms with E-state index in [9.17, 15) is 22.8 Å². The maximum absolute atomic E-state index is 12.9. The number of carbonyl (C=O) groups excluding carboxylic acids is 2. The van der Waals surface area contributed by atoms with Gasteiger partial charge in [-0.3, -0.25) is 9.59 Å². The zero-order chi connectivity index (χ0) is 23.2. The van der Waals surface area contributed by atoms with Crippen LogP contribution in [0.15, 0.2) is 28.8 Å². The topological polar surface area (TPSA) is 94.3 Å². The van der Waals surface area contributed by atoms with Gasteiger partial charge in [0, 0.05) is 11.0 Å². The van der Waals surface area contributed by atoms with E-state index in [0.29, 0.717) is 23.3 Å². The summed E-state index contributed by atoms with van der Waals surface area (Å²) in [5, 5.41) is 6.46. The Balaban J connectivity index is 1.11. The molecule has 0 saturated heterocycles. The molecule has 4 saturated carbocycles. The number of aromatic nitrogens is 2. The number of rotatable bonds is 6. The number of benzene rings is 1. The van der Waals surface area contributed by atoms with Crippen LogP contribution >= 0.6 is 0 Å². The van der Waals surface area contributed by atoms with Crippen LogP contribution in [0.5, 0.6) is 0 Å². The van der Waals surface area contributed by atoms with Gasteiger partial charge < -0.3 is 14.6 Å². The van der Waals surface area contributed by atoms with Crippen LogP contribution in [0, 0.1) is 23.2 Å². The molecule has 10 heteroatoms. The summed E-state index contributed by atoms with van der Waals surface area (Å²) >= 11 is 0. The number of ether oxygens (including phenoxy) is 1. The predicted molar refractivity (Wildman–Crippen MR) is 108 cm³/mol. The highest BCUT2D eigenvalue weighted by atomic mass is 19.4. The fraction of sp³-hybridized carbons (Fsp3) is 0.565. The Morgan fingerprint density at radius 2 is 1.67 bits per heavy atom. The van der Waals surface area contributed by atoms with Gasteiger partial charge in [0.25, 0.3) is 5.89 Å². The average Bonchev–Trinajstić information content (AvgIpc) is 3.24. The Morgan fingerprint density at radius 3 is 2.24 bits per heavy atom. The van der Waals surface area contributed by atoms with Gasteiger partial charge >= 0.3 is 12.1 Å². The molecule has 4 fully saturated rings.